The highest BCUT2D eigenvalue weighted by Crippen LogP contribution is 2.30. The van der Waals surface area contributed by atoms with Crippen molar-refractivity contribution < 1.29 is 9.53 Å². The maximum absolute atomic E-state index is 12.4. The standard InChI is InChI=1S/C16H20Br2N2O2/c1-6-8-9-12(7-2)11(5)20-13(14(17)19-16(20)18)15(21)22-10(3)4/h6-11H,1H2,2-5H3/b9-8-,12-7+. The minimum atomic E-state index is -0.407. The largest absolute Gasteiger partial charge is 0.458 e. The Morgan fingerprint density at radius 1 is 1.36 bits per heavy atom. The molecule has 120 valence electrons. The monoisotopic (exact) mass is 430 g/mol. The number of ether oxygens (including phenoxy) is 1. The molecule has 1 aromatic heterocycles. The summed E-state index contributed by atoms with van der Waals surface area (Å²) in [5.41, 5.74) is 1.42. The van der Waals surface area contributed by atoms with Crippen molar-refractivity contribution in [2.24, 2.45) is 0 Å². The molecule has 4 nitrogen and oxygen atoms in total. The number of allylic oxidation sites excluding steroid dienone is 5. The SMILES string of the molecule is C=C/C=C\C(=C/C)C(C)n1c(Br)nc(Br)c1C(=O)OC(C)C. The Morgan fingerprint density at radius 3 is 2.50 bits per heavy atom. The third-order valence-corrected chi connectivity index (χ3v) is 4.10. The van der Waals surface area contributed by atoms with Crippen LogP contribution >= 0.6 is 31.9 Å². The number of halogens is 2. The molecule has 1 unspecified atom stereocenters. The molecule has 0 saturated carbocycles. The minimum absolute atomic E-state index is 0.0934. The van der Waals surface area contributed by atoms with Crippen LogP contribution in [0.5, 0.6) is 0 Å². The van der Waals surface area contributed by atoms with E-state index in [9.17, 15) is 4.79 Å². The van der Waals surface area contributed by atoms with Crippen LogP contribution in [0, 0.1) is 0 Å². The lowest BCUT2D eigenvalue weighted by molar-refractivity contribution is 0.0362. The molecule has 0 aliphatic rings. The molecule has 0 aliphatic carbocycles. The van der Waals surface area contributed by atoms with Crippen molar-refractivity contribution in [3.05, 3.63) is 51.5 Å². The maximum atomic E-state index is 12.4. The van der Waals surface area contributed by atoms with Crippen LogP contribution in [-0.4, -0.2) is 21.6 Å². The molecular weight excluding hydrogens is 412 g/mol. The molecule has 0 saturated heterocycles. The second-order valence-electron chi connectivity index (χ2n) is 4.90. The first kappa shape index (κ1) is 18.9. The number of carbonyl (C=O) groups is 1. The van der Waals surface area contributed by atoms with Gasteiger partial charge in [-0.2, -0.15) is 0 Å². The van der Waals surface area contributed by atoms with Crippen molar-refractivity contribution in [1.82, 2.24) is 9.55 Å². The van der Waals surface area contributed by atoms with E-state index in [0.717, 1.165) is 5.57 Å². The molecule has 0 spiro atoms. The molecule has 0 N–H and O–H groups in total. The second kappa shape index (κ2) is 8.48. The lowest BCUT2D eigenvalue weighted by Gasteiger charge is -2.19. The molecule has 6 heteroatoms. The summed E-state index contributed by atoms with van der Waals surface area (Å²) in [7, 11) is 0. The molecule has 1 rings (SSSR count). The number of hydrogen-bond acceptors (Lipinski definition) is 3. The fourth-order valence-electron chi connectivity index (χ4n) is 1.99. The average molecular weight is 432 g/mol. The highest BCUT2D eigenvalue weighted by molar-refractivity contribution is 9.11. The van der Waals surface area contributed by atoms with Crippen molar-refractivity contribution in [3.8, 4) is 0 Å². The Bertz CT molecular complexity index is 616. The van der Waals surface area contributed by atoms with Crippen molar-refractivity contribution in [2.75, 3.05) is 0 Å². The van der Waals surface area contributed by atoms with Gasteiger partial charge >= 0.3 is 5.97 Å². The first-order chi connectivity index (χ1) is 10.3. The van der Waals surface area contributed by atoms with Crippen LogP contribution in [0.15, 0.2) is 45.8 Å². The zero-order valence-electron chi connectivity index (χ0n) is 13.1. The number of imidazole rings is 1. The number of rotatable bonds is 6. The van der Waals surface area contributed by atoms with Crippen LogP contribution in [0.4, 0.5) is 0 Å². The Morgan fingerprint density at radius 2 is 2.00 bits per heavy atom. The first-order valence-electron chi connectivity index (χ1n) is 6.92. The Hall–Kier alpha value is -1.14. The summed E-state index contributed by atoms with van der Waals surface area (Å²) in [6, 6.07) is -0.0934. The molecular formula is C16H20Br2N2O2. The summed E-state index contributed by atoms with van der Waals surface area (Å²) < 4.78 is 8.14. The zero-order valence-corrected chi connectivity index (χ0v) is 16.3. The van der Waals surface area contributed by atoms with Gasteiger partial charge in [0.25, 0.3) is 0 Å². The van der Waals surface area contributed by atoms with Gasteiger partial charge in [0.1, 0.15) is 4.60 Å². The van der Waals surface area contributed by atoms with Gasteiger partial charge in [0.2, 0.25) is 0 Å². The van der Waals surface area contributed by atoms with E-state index < -0.39 is 5.97 Å². The van der Waals surface area contributed by atoms with Gasteiger partial charge in [-0.25, -0.2) is 9.78 Å². The smallest absolute Gasteiger partial charge is 0.358 e. The van der Waals surface area contributed by atoms with Gasteiger partial charge in [0, 0.05) is 0 Å². The molecule has 1 heterocycles. The van der Waals surface area contributed by atoms with E-state index in [0.29, 0.717) is 15.0 Å². The van der Waals surface area contributed by atoms with Gasteiger partial charge in [-0.05, 0) is 65.1 Å². The normalized spacial score (nSPS) is 13.7. The van der Waals surface area contributed by atoms with Gasteiger partial charge in [-0.3, -0.25) is 0 Å². The van der Waals surface area contributed by atoms with E-state index in [-0.39, 0.29) is 12.1 Å². The zero-order chi connectivity index (χ0) is 16.9. The number of nitrogens with zero attached hydrogens (tertiary/aromatic N) is 2. The average Bonchev–Trinajstić information content (AvgIpc) is 2.73. The summed E-state index contributed by atoms with van der Waals surface area (Å²) in [6.07, 6.45) is 7.32. The van der Waals surface area contributed by atoms with E-state index in [1.165, 1.54) is 0 Å². The van der Waals surface area contributed by atoms with Crippen LogP contribution in [0.2, 0.25) is 0 Å². The molecule has 1 atom stereocenters. The van der Waals surface area contributed by atoms with Gasteiger partial charge in [0.15, 0.2) is 10.4 Å². The summed E-state index contributed by atoms with van der Waals surface area (Å²) in [5.74, 6) is -0.407. The van der Waals surface area contributed by atoms with E-state index in [1.54, 1.807) is 10.6 Å². The summed E-state index contributed by atoms with van der Waals surface area (Å²) in [4.78, 5) is 16.6. The highest BCUT2D eigenvalue weighted by Gasteiger charge is 2.26. The predicted molar refractivity (Wildman–Crippen MR) is 96.0 cm³/mol. The van der Waals surface area contributed by atoms with Gasteiger partial charge in [-0.15, -0.1) is 0 Å². The Balaban J connectivity index is 3.32. The summed E-state index contributed by atoms with van der Waals surface area (Å²) in [5, 5.41) is 0. The fraction of sp³-hybridized carbons (Fsp3) is 0.375. The number of esters is 1. The van der Waals surface area contributed by atoms with Crippen LogP contribution in [0.25, 0.3) is 0 Å². The van der Waals surface area contributed by atoms with Crippen molar-refractivity contribution >= 4 is 37.8 Å². The predicted octanol–water partition coefficient (Wildman–Crippen LogP) is 5.22. The van der Waals surface area contributed by atoms with Crippen LogP contribution in [0.3, 0.4) is 0 Å². The molecule has 0 amide bonds. The van der Waals surface area contributed by atoms with Crippen molar-refractivity contribution in [2.45, 2.75) is 39.8 Å². The van der Waals surface area contributed by atoms with Gasteiger partial charge in [0.05, 0.1) is 12.1 Å². The highest BCUT2D eigenvalue weighted by atomic mass is 79.9. The molecule has 1 aromatic rings. The topological polar surface area (TPSA) is 44.1 Å². The molecule has 0 aliphatic heterocycles. The second-order valence-corrected chi connectivity index (χ2v) is 6.36. The van der Waals surface area contributed by atoms with E-state index in [4.69, 9.17) is 4.74 Å². The van der Waals surface area contributed by atoms with Crippen LogP contribution in [-0.2, 0) is 4.74 Å². The molecule has 0 bridgehead atoms. The van der Waals surface area contributed by atoms with Crippen LogP contribution in [0.1, 0.15) is 44.2 Å². The Labute approximate surface area is 148 Å². The minimum Gasteiger partial charge on any atom is -0.458 e. The summed E-state index contributed by atoms with van der Waals surface area (Å²) in [6.45, 7) is 11.2. The fourth-order valence-corrected chi connectivity index (χ4v) is 3.41. The number of carbonyl (C=O) groups excluding carboxylic acids is 1. The number of aromatic nitrogens is 2. The Kier molecular flexibility index (Phi) is 7.29. The van der Waals surface area contributed by atoms with E-state index in [2.05, 4.69) is 43.4 Å². The lowest BCUT2D eigenvalue weighted by Crippen LogP contribution is -2.19. The third kappa shape index (κ3) is 4.43. The number of hydrogen-bond donors (Lipinski definition) is 0. The van der Waals surface area contributed by atoms with Crippen molar-refractivity contribution in [3.63, 3.8) is 0 Å². The van der Waals surface area contributed by atoms with Gasteiger partial charge in [-0.1, -0.05) is 30.9 Å². The maximum Gasteiger partial charge on any atom is 0.358 e. The van der Waals surface area contributed by atoms with Crippen molar-refractivity contribution in [1.29, 1.82) is 0 Å². The molecule has 0 radical (unpaired) electrons. The van der Waals surface area contributed by atoms with E-state index >= 15 is 0 Å². The van der Waals surface area contributed by atoms with Crippen LogP contribution < -0.4 is 0 Å². The summed E-state index contributed by atoms with van der Waals surface area (Å²) >= 11 is 6.75. The quantitative estimate of drug-likeness (QED) is 0.457. The van der Waals surface area contributed by atoms with Gasteiger partial charge < -0.3 is 9.30 Å². The lowest BCUT2D eigenvalue weighted by atomic mass is 10.1. The first-order valence-corrected chi connectivity index (χ1v) is 8.51. The molecule has 22 heavy (non-hydrogen) atoms. The molecule has 0 fully saturated rings. The third-order valence-electron chi connectivity index (χ3n) is 2.99. The van der Waals surface area contributed by atoms with E-state index in [1.807, 2.05) is 45.9 Å². The molecule has 0 aromatic carbocycles.